The largest absolute Gasteiger partial charge is 0.487 e. The number of thiazole rings is 1. The average molecular weight is 212 g/mol. The zero-order valence-corrected chi connectivity index (χ0v) is 8.61. The highest BCUT2D eigenvalue weighted by Gasteiger charge is 2.05. The van der Waals surface area contributed by atoms with Crippen LogP contribution in [0.2, 0.25) is 0 Å². The number of nitrogen functional groups attached to an aromatic ring is 1. The summed E-state index contributed by atoms with van der Waals surface area (Å²) in [5.41, 5.74) is 5.54. The molecular formula is C8H8N2OS2. The van der Waals surface area contributed by atoms with E-state index in [9.17, 15) is 0 Å². The maximum absolute atomic E-state index is 5.54. The summed E-state index contributed by atoms with van der Waals surface area (Å²) in [7, 11) is 1.66. The van der Waals surface area contributed by atoms with Crippen LogP contribution in [0, 0.1) is 0 Å². The fraction of sp³-hybridized carbons (Fsp3) is 0.125. The first-order chi connectivity index (χ1) is 6.29. The van der Waals surface area contributed by atoms with E-state index in [0.717, 1.165) is 14.8 Å². The molecule has 13 heavy (non-hydrogen) atoms. The van der Waals surface area contributed by atoms with Gasteiger partial charge in [-0.25, -0.2) is 4.98 Å². The Balaban J connectivity index is 2.35. The van der Waals surface area contributed by atoms with Crippen LogP contribution in [0.1, 0.15) is 0 Å². The van der Waals surface area contributed by atoms with Gasteiger partial charge in [-0.3, -0.25) is 0 Å². The minimum atomic E-state index is 0.599. The van der Waals surface area contributed by atoms with Crippen molar-refractivity contribution in [3.05, 3.63) is 18.3 Å². The smallest absolute Gasteiger partial charge is 0.180 e. The number of anilines is 1. The molecule has 0 spiro atoms. The number of hydrogen-bond acceptors (Lipinski definition) is 5. The maximum Gasteiger partial charge on any atom is 0.180 e. The van der Waals surface area contributed by atoms with Crippen LogP contribution in [0.25, 0.3) is 9.75 Å². The summed E-state index contributed by atoms with van der Waals surface area (Å²) < 4.78 is 5.09. The molecule has 2 N–H and O–H groups in total. The molecule has 2 rings (SSSR count). The molecule has 0 aliphatic rings. The molecule has 0 aliphatic carbocycles. The third kappa shape index (κ3) is 1.66. The molecule has 0 fully saturated rings. The molecule has 0 saturated heterocycles. The maximum atomic E-state index is 5.54. The Hall–Kier alpha value is -1.07. The van der Waals surface area contributed by atoms with E-state index < -0.39 is 0 Å². The first kappa shape index (κ1) is 8.52. The van der Waals surface area contributed by atoms with Crippen molar-refractivity contribution in [2.75, 3.05) is 12.8 Å². The highest BCUT2D eigenvalue weighted by Crippen LogP contribution is 2.36. The highest BCUT2D eigenvalue weighted by atomic mass is 32.1. The Labute approximate surface area is 83.8 Å². The number of nitrogens with two attached hydrogens (primary N) is 1. The molecule has 0 radical (unpaired) electrons. The van der Waals surface area contributed by atoms with Crippen molar-refractivity contribution in [3.63, 3.8) is 0 Å². The molecule has 0 amide bonds. The van der Waals surface area contributed by atoms with Crippen LogP contribution in [0.5, 0.6) is 5.06 Å². The van der Waals surface area contributed by atoms with Crippen molar-refractivity contribution >= 4 is 27.8 Å². The van der Waals surface area contributed by atoms with Crippen molar-refractivity contribution in [1.29, 1.82) is 0 Å². The number of thiophene rings is 1. The van der Waals surface area contributed by atoms with Crippen LogP contribution in [-0.2, 0) is 0 Å². The van der Waals surface area contributed by atoms with Gasteiger partial charge in [-0.15, -0.1) is 0 Å². The summed E-state index contributed by atoms with van der Waals surface area (Å²) in [6.07, 6.45) is 1.78. The molecule has 0 saturated carbocycles. The fourth-order valence-electron chi connectivity index (χ4n) is 0.964. The zero-order valence-electron chi connectivity index (χ0n) is 6.98. The fourth-order valence-corrected chi connectivity index (χ4v) is 2.54. The lowest BCUT2D eigenvalue weighted by Gasteiger charge is -1.89. The van der Waals surface area contributed by atoms with E-state index in [-0.39, 0.29) is 0 Å². The lowest BCUT2D eigenvalue weighted by Crippen LogP contribution is -1.77. The number of nitrogens with zero attached hydrogens (tertiary/aromatic N) is 1. The van der Waals surface area contributed by atoms with Crippen molar-refractivity contribution in [1.82, 2.24) is 4.98 Å². The van der Waals surface area contributed by atoms with E-state index in [1.807, 2.05) is 12.1 Å². The lowest BCUT2D eigenvalue weighted by atomic mass is 10.4. The molecule has 2 aromatic heterocycles. The predicted octanol–water partition coefficient (Wildman–Crippen LogP) is 2.46. The quantitative estimate of drug-likeness (QED) is 0.831. The number of hydrogen-bond donors (Lipinski definition) is 1. The minimum absolute atomic E-state index is 0.599. The van der Waals surface area contributed by atoms with Gasteiger partial charge in [0, 0.05) is 11.1 Å². The second kappa shape index (κ2) is 3.35. The molecule has 0 atom stereocenters. The van der Waals surface area contributed by atoms with Crippen LogP contribution in [0.15, 0.2) is 18.3 Å². The van der Waals surface area contributed by atoms with Gasteiger partial charge < -0.3 is 10.5 Å². The van der Waals surface area contributed by atoms with E-state index in [2.05, 4.69) is 4.98 Å². The number of methoxy groups -OCH3 is 1. The molecule has 5 heteroatoms. The van der Waals surface area contributed by atoms with Crippen molar-refractivity contribution in [2.24, 2.45) is 0 Å². The third-order valence-corrected chi connectivity index (χ3v) is 3.62. The SMILES string of the molecule is COc1ccc(-c2cnc(N)s2)s1. The summed E-state index contributed by atoms with van der Waals surface area (Å²) in [6.45, 7) is 0. The van der Waals surface area contributed by atoms with Gasteiger partial charge in [-0.2, -0.15) is 0 Å². The van der Waals surface area contributed by atoms with E-state index in [1.54, 1.807) is 24.6 Å². The van der Waals surface area contributed by atoms with Gasteiger partial charge in [0.2, 0.25) is 0 Å². The molecule has 0 aliphatic heterocycles. The highest BCUT2D eigenvalue weighted by molar-refractivity contribution is 7.24. The predicted molar refractivity (Wildman–Crippen MR) is 56.4 cm³/mol. The monoisotopic (exact) mass is 212 g/mol. The average Bonchev–Trinajstić information content (AvgIpc) is 2.71. The van der Waals surface area contributed by atoms with Crippen LogP contribution >= 0.6 is 22.7 Å². The summed E-state index contributed by atoms with van der Waals surface area (Å²) >= 11 is 3.08. The third-order valence-electron chi connectivity index (χ3n) is 1.55. The van der Waals surface area contributed by atoms with Gasteiger partial charge in [-0.1, -0.05) is 22.7 Å². The molecule has 0 aromatic carbocycles. The van der Waals surface area contributed by atoms with Gasteiger partial charge in [0.25, 0.3) is 0 Å². The molecule has 68 valence electrons. The van der Waals surface area contributed by atoms with E-state index in [4.69, 9.17) is 10.5 Å². The first-order valence-corrected chi connectivity index (χ1v) is 5.28. The lowest BCUT2D eigenvalue weighted by molar-refractivity contribution is 0.427. The Morgan fingerprint density at radius 3 is 2.69 bits per heavy atom. The van der Waals surface area contributed by atoms with Crippen LogP contribution in [0.3, 0.4) is 0 Å². The van der Waals surface area contributed by atoms with Crippen LogP contribution in [0.4, 0.5) is 5.13 Å². The van der Waals surface area contributed by atoms with Gasteiger partial charge >= 0.3 is 0 Å². The molecular weight excluding hydrogens is 204 g/mol. The normalized spacial score (nSPS) is 10.2. The van der Waals surface area contributed by atoms with Gasteiger partial charge in [0.1, 0.15) is 0 Å². The number of rotatable bonds is 2. The second-order valence-corrected chi connectivity index (χ2v) is 4.49. The summed E-state index contributed by atoms with van der Waals surface area (Å²) in [5, 5.41) is 1.50. The van der Waals surface area contributed by atoms with E-state index in [0.29, 0.717) is 5.13 Å². The van der Waals surface area contributed by atoms with Gasteiger partial charge in [0.15, 0.2) is 10.2 Å². The molecule has 0 bridgehead atoms. The van der Waals surface area contributed by atoms with Crippen molar-refractivity contribution < 1.29 is 4.74 Å². The number of ether oxygens (including phenoxy) is 1. The first-order valence-electron chi connectivity index (χ1n) is 3.65. The molecule has 0 unspecified atom stereocenters. The van der Waals surface area contributed by atoms with Gasteiger partial charge in [-0.05, 0) is 12.1 Å². The van der Waals surface area contributed by atoms with Crippen LogP contribution < -0.4 is 10.5 Å². The molecule has 2 heterocycles. The van der Waals surface area contributed by atoms with Gasteiger partial charge in [0.05, 0.1) is 12.0 Å². The standard InChI is InChI=1S/C8H8N2OS2/c1-11-7-3-2-5(12-7)6-4-10-8(9)13-6/h2-4H,1H3,(H2,9,10). The molecule has 2 aromatic rings. The Kier molecular flexibility index (Phi) is 2.20. The van der Waals surface area contributed by atoms with E-state index >= 15 is 0 Å². The Bertz CT molecular complexity index is 408. The summed E-state index contributed by atoms with van der Waals surface area (Å²) in [5.74, 6) is 0. The molecule has 3 nitrogen and oxygen atoms in total. The van der Waals surface area contributed by atoms with Crippen LogP contribution in [-0.4, -0.2) is 12.1 Å². The summed E-state index contributed by atoms with van der Waals surface area (Å²) in [4.78, 5) is 6.22. The van der Waals surface area contributed by atoms with Crippen molar-refractivity contribution in [2.45, 2.75) is 0 Å². The Morgan fingerprint density at radius 1 is 1.31 bits per heavy atom. The zero-order chi connectivity index (χ0) is 9.26. The topological polar surface area (TPSA) is 48.1 Å². The Morgan fingerprint density at radius 2 is 2.15 bits per heavy atom. The summed E-state index contributed by atoms with van der Waals surface area (Å²) in [6, 6.07) is 3.95. The minimum Gasteiger partial charge on any atom is -0.487 e. The van der Waals surface area contributed by atoms with E-state index in [1.165, 1.54) is 11.3 Å². The van der Waals surface area contributed by atoms with Crippen molar-refractivity contribution in [3.8, 4) is 14.8 Å². The second-order valence-electron chi connectivity index (χ2n) is 2.39. The number of aromatic nitrogens is 1.